The molecule has 0 saturated carbocycles. The molecule has 0 unspecified atom stereocenters. The van der Waals surface area contributed by atoms with Crippen molar-refractivity contribution in [1.82, 2.24) is 0 Å². The highest BCUT2D eigenvalue weighted by Crippen LogP contribution is 2.28. The predicted molar refractivity (Wildman–Crippen MR) is 132 cm³/mol. The minimum Gasteiger partial charge on any atom is -0.370 e. The molecule has 0 aromatic rings. The molecule has 0 atom stereocenters. The quantitative estimate of drug-likeness (QED) is 0.150. The zero-order valence-electron chi connectivity index (χ0n) is 20.4. The Hall–Kier alpha value is -0.423. The summed E-state index contributed by atoms with van der Waals surface area (Å²) in [5.74, 6) is 0. The summed E-state index contributed by atoms with van der Waals surface area (Å²) in [6, 6.07) is 0. The topological polar surface area (TPSA) is 27.7 Å². The van der Waals surface area contributed by atoms with E-state index in [1.807, 2.05) is 0 Å². The van der Waals surface area contributed by atoms with Crippen molar-refractivity contribution in [2.45, 2.75) is 124 Å². The van der Waals surface area contributed by atoms with Gasteiger partial charge in [-0.05, 0) is 44.9 Å². The number of hydrogen-bond acceptors (Lipinski definition) is 3. The van der Waals surface area contributed by atoms with Gasteiger partial charge in [-0.1, -0.05) is 96.8 Å². The number of allylic oxidation sites excluding steroid dienone is 4. The molecule has 4 heteroatoms. The first-order chi connectivity index (χ1) is 14.8. The molecule has 0 fully saturated rings. The third kappa shape index (κ3) is 12.4. The van der Waals surface area contributed by atoms with Crippen LogP contribution < -0.4 is 0 Å². The van der Waals surface area contributed by atoms with Gasteiger partial charge in [-0.25, -0.2) is 0 Å². The molecule has 3 nitrogen and oxygen atoms in total. The van der Waals surface area contributed by atoms with Crippen molar-refractivity contribution in [3.63, 3.8) is 0 Å². The molecular formula is C26H50O3Si. The van der Waals surface area contributed by atoms with Crippen LogP contribution in [0.1, 0.15) is 124 Å². The Morgan fingerprint density at radius 3 is 1.63 bits per heavy atom. The van der Waals surface area contributed by atoms with Crippen molar-refractivity contribution in [1.29, 1.82) is 0 Å². The molecular weight excluding hydrogens is 388 g/mol. The Kier molecular flexibility index (Phi) is 17.7. The summed E-state index contributed by atoms with van der Waals surface area (Å²) in [5.41, 5.74) is 0. The van der Waals surface area contributed by atoms with Gasteiger partial charge in [0.25, 0.3) is 0 Å². The van der Waals surface area contributed by atoms with Crippen molar-refractivity contribution in [2.24, 2.45) is 0 Å². The molecule has 0 aromatic heterocycles. The second-order valence-corrected chi connectivity index (χ2v) is 11.3. The minimum absolute atomic E-state index is 0.761. The predicted octanol–water partition coefficient (Wildman–Crippen LogP) is 8.31. The summed E-state index contributed by atoms with van der Waals surface area (Å²) in [7, 11) is -2.82. The first-order valence-electron chi connectivity index (χ1n) is 13.1. The van der Waals surface area contributed by atoms with Gasteiger partial charge in [0.05, 0.1) is 0 Å². The fraction of sp³-hybridized carbons (Fsp3) is 0.846. The Labute approximate surface area is 189 Å². The Balaban J connectivity index is 2.86. The van der Waals surface area contributed by atoms with E-state index < -0.39 is 8.80 Å². The van der Waals surface area contributed by atoms with Gasteiger partial charge in [0.15, 0.2) is 0 Å². The third-order valence-electron chi connectivity index (χ3n) is 5.76. The summed E-state index contributed by atoms with van der Waals surface area (Å²) < 4.78 is 19.9. The second-order valence-electron chi connectivity index (χ2n) is 8.65. The highest BCUT2D eigenvalue weighted by molar-refractivity contribution is 6.68. The van der Waals surface area contributed by atoms with Gasteiger partial charge in [0.1, 0.15) is 0 Å². The standard InChI is InChI=1S/C26H50O3Si/c1-4-7-10-18-23-27-30(28-24-19-11-8-5-2,29-25-20-12-9-6-3)26-21-16-14-13-15-17-22-26/h14,16,21H,4-13,15,17-20,22-25H2,1-3H3/b16-14-,26-21+. The maximum Gasteiger partial charge on any atom is 0.532 e. The van der Waals surface area contributed by atoms with Crippen LogP contribution in [0, 0.1) is 0 Å². The summed E-state index contributed by atoms with van der Waals surface area (Å²) >= 11 is 0. The van der Waals surface area contributed by atoms with Crippen LogP contribution in [0.25, 0.3) is 0 Å². The smallest absolute Gasteiger partial charge is 0.370 e. The zero-order chi connectivity index (χ0) is 21.8. The lowest BCUT2D eigenvalue weighted by atomic mass is 10.1. The lowest BCUT2D eigenvalue weighted by molar-refractivity contribution is 0.0631. The van der Waals surface area contributed by atoms with Gasteiger partial charge in [-0.2, -0.15) is 0 Å². The van der Waals surface area contributed by atoms with Gasteiger partial charge in [0.2, 0.25) is 0 Å². The maximum atomic E-state index is 6.62. The van der Waals surface area contributed by atoms with E-state index in [1.165, 1.54) is 82.2 Å². The summed E-state index contributed by atoms with van der Waals surface area (Å²) in [4.78, 5) is 0. The fourth-order valence-corrected chi connectivity index (χ4v) is 6.63. The molecule has 176 valence electrons. The zero-order valence-corrected chi connectivity index (χ0v) is 21.4. The highest BCUT2D eigenvalue weighted by atomic mass is 28.4. The SMILES string of the molecule is CCCCCCO[Si](OCCCCCC)(OCCCCCC)/C1=C/C=C\CCCC1. The second kappa shape index (κ2) is 19.3. The fourth-order valence-electron chi connectivity index (χ4n) is 3.81. The molecule has 0 amide bonds. The van der Waals surface area contributed by atoms with Crippen molar-refractivity contribution in [3.05, 3.63) is 23.4 Å². The van der Waals surface area contributed by atoms with Crippen LogP contribution in [-0.2, 0) is 13.3 Å². The van der Waals surface area contributed by atoms with Gasteiger partial charge < -0.3 is 13.3 Å². The van der Waals surface area contributed by atoms with Gasteiger partial charge in [-0.3, -0.25) is 0 Å². The molecule has 0 N–H and O–H groups in total. The molecule has 0 heterocycles. The van der Waals surface area contributed by atoms with Crippen molar-refractivity contribution >= 4 is 8.80 Å². The van der Waals surface area contributed by atoms with Crippen LogP contribution in [0.3, 0.4) is 0 Å². The maximum absolute atomic E-state index is 6.62. The first kappa shape index (κ1) is 27.6. The molecule has 0 aromatic carbocycles. The molecule has 0 aliphatic heterocycles. The van der Waals surface area contributed by atoms with Crippen LogP contribution in [0.4, 0.5) is 0 Å². The van der Waals surface area contributed by atoms with E-state index in [1.54, 1.807) is 0 Å². The Bertz CT molecular complexity index is 412. The highest BCUT2D eigenvalue weighted by Gasteiger charge is 2.45. The van der Waals surface area contributed by atoms with Crippen LogP contribution in [0.5, 0.6) is 0 Å². The van der Waals surface area contributed by atoms with Crippen molar-refractivity contribution < 1.29 is 13.3 Å². The average molecular weight is 439 g/mol. The molecule has 0 radical (unpaired) electrons. The van der Waals surface area contributed by atoms with E-state index in [0.29, 0.717) is 0 Å². The minimum atomic E-state index is -2.82. The Morgan fingerprint density at radius 2 is 1.17 bits per heavy atom. The van der Waals surface area contributed by atoms with Gasteiger partial charge >= 0.3 is 8.80 Å². The van der Waals surface area contributed by atoms with Crippen LogP contribution in [-0.4, -0.2) is 28.6 Å². The number of hydrogen-bond donors (Lipinski definition) is 0. The summed E-state index contributed by atoms with van der Waals surface area (Å²) in [6.45, 7) is 9.05. The van der Waals surface area contributed by atoms with E-state index in [2.05, 4.69) is 39.0 Å². The molecule has 30 heavy (non-hydrogen) atoms. The lowest BCUT2D eigenvalue weighted by Crippen LogP contribution is -2.49. The first-order valence-corrected chi connectivity index (χ1v) is 14.8. The van der Waals surface area contributed by atoms with E-state index in [9.17, 15) is 0 Å². The average Bonchev–Trinajstić information content (AvgIpc) is 2.72. The van der Waals surface area contributed by atoms with Crippen LogP contribution >= 0.6 is 0 Å². The monoisotopic (exact) mass is 438 g/mol. The van der Waals surface area contributed by atoms with Crippen LogP contribution in [0.2, 0.25) is 0 Å². The van der Waals surface area contributed by atoms with Crippen molar-refractivity contribution in [3.8, 4) is 0 Å². The van der Waals surface area contributed by atoms with E-state index >= 15 is 0 Å². The Morgan fingerprint density at radius 1 is 0.667 bits per heavy atom. The van der Waals surface area contributed by atoms with E-state index in [4.69, 9.17) is 13.3 Å². The van der Waals surface area contributed by atoms with E-state index in [0.717, 1.165) is 45.5 Å². The molecule has 0 saturated heterocycles. The molecule has 1 rings (SSSR count). The largest absolute Gasteiger partial charge is 0.532 e. The third-order valence-corrected chi connectivity index (χ3v) is 8.72. The summed E-state index contributed by atoms with van der Waals surface area (Å²) in [5, 5.41) is 1.31. The lowest BCUT2D eigenvalue weighted by Gasteiger charge is -2.32. The van der Waals surface area contributed by atoms with Gasteiger partial charge in [-0.15, -0.1) is 0 Å². The summed E-state index contributed by atoms with van der Waals surface area (Å²) in [6.07, 6.45) is 26.0. The number of unbranched alkanes of at least 4 members (excludes halogenated alkanes) is 9. The van der Waals surface area contributed by atoms with Gasteiger partial charge in [0, 0.05) is 25.0 Å². The molecule has 1 aliphatic carbocycles. The van der Waals surface area contributed by atoms with E-state index in [-0.39, 0.29) is 0 Å². The molecule has 0 bridgehead atoms. The van der Waals surface area contributed by atoms with Crippen molar-refractivity contribution in [2.75, 3.05) is 19.8 Å². The number of rotatable bonds is 19. The molecule has 0 spiro atoms. The van der Waals surface area contributed by atoms with Crippen LogP contribution in [0.15, 0.2) is 23.4 Å². The normalized spacial score (nSPS) is 17.9. The molecule has 1 aliphatic rings.